The van der Waals surface area contributed by atoms with Gasteiger partial charge in [0, 0.05) is 36.4 Å². The van der Waals surface area contributed by atoms with Gasteiger partial charge in [-0.25, -0.2) is 9.37 Å². The summed E-state index contributed by atoms with van der Waals surface area (Å²) in [5, 5.41) is 3.28. The highest BCUT2D eigenvalue weighted by Gasteiger charge is 2.43. The van der Waals surface area contributed by atoms with Crippen LogP contribution in [0.4, 0.5) is 4.39 Å². The molecule has 4 rings (SSSR count). The zero-order valence-corrected chi connectivity index (χ0v) is 15.0. The normalized spacial score (nSPS) is 22.0. The van der Waals surface area contributed by atoms with E-state index in [4.69, 9.17) is 4.42 Å². The molecule has 1 fully saturated rings. The number of halogens is 1. The lowest BCUT2D eigenvalue weighted by atomic mass is 9.70. The molecule has 1 saturated heterocycles. The lowest BCUT2D eigenvalue weighted by molar-refractivity contribution is 0.0694. The van der Waals surface area contributed by atoms with Crippen LogP contribution in [0.1, 0.15) is 32.3 Å². The number of carbonyl (C=O) groups excluding carboxylic acids is 2. The third-order valence-electron chi connectivity index (χ3n) is 5.28. The van der Waals surface area contributed by atoms with E-state index in [1.807, 2.05) is 30.3 Å². The van der Waals surface area contributed by atoms with Crippen molar-refractivity contribution in [1.29, 1.82) is 0 Å². The molecule has 0 bridgehead atoms. The van der Waals surface area contributed by atoms with Gasteiger partial charge in [0.25, 0.3) is 0 Å². The Kier molecular flexibility index (Phi) is 5.12. The summed E-state index contributed by atoms with van der Waals surface area (Å²) in [7, 11) is 0. The third-order valence-corrected chi connectivity index (χ3v) is 5.28. The summed E-state index contributed by atoms with van der Waals surface area (Å²) < 4.78 is 18.3. The van der Waals surface area contributed by atoms with Gasteiger partial charge in [0.2, 0.25) is 0 Å². The first-order chi connectivity index (χ1) is 13.6. The Morgan fingerprint density at radius 2 is 1.75 bits per heavy atom. The first-order valence-corrected chi connectivity index (χ1v) is 9.13. The molecule has 2 aromatic carbocycles. The number of hydrogen-bond donors (Lipinski definition) is 1. The summed E-state index contributed by atoms with van der Waals surface area (Å²) in [6, 6.07) is 15.1. The van der Waals surface area contributed by atoms with Crippen LogP contribution in [0.25, 0.3) is 0 Å². The van der Waals surface area contributed by atoms with Gasteiger partial charge in [0.15, 0.2) is 18.0 Å². The van der Waals surface area contributed by atoms with Crippen molar-refractivity contribution < 1.29 is 18.4 Å². The number of hydrogen-bond acceptors (Lipinski definition) is 5. The molecule has 1 aliphatic heterocycles. The minimum atomic E-state index is -0.596. The Bertz CT molecular complexity index is 955. The standard InChI is InChI=1S/C22H19FN2O3/c23-16-8-6-15(7-9-16)21(26)20-17(14-4-2-1-3-5-14)10-24-11-18(20)22(27)19-12-28-13-25-19/h1-9,12-13,17-18,20,24H,10-11H2. The average molecular weight is 378 g/mol. The molecular weight excluding hydrogens is 359 g/mol. The van der Waals surface area contributed by atoms with E-state index >= 15 is 0 Å². The summed E-state index contributed by atoms with van der Waals surface area (Å²) in [5.41, 5.74) is 1.58. The zero-order valence-electron chi connectivity index (χ0n) is 15.0. The fraction of sp³-hybridized carbons (Fsp3) is 0.227. The average Bonchev–Trinajstić information content (AvgIpc) is 3.28. The first-order valence-electron chi connectivity index (χ1n) is 9.13. The molecule has 0 saturated carbocycles. The van der Waals surface area contributed by atoms with Crippen molar-refractivity contribution in [2.24, 2.45) is 11.8 Å². The highest BCUT2D eigenvalue weighted by atomic mass is 19.1. The molecule has 142 valence electrons. The second kappa shape index (κ2) is 7.86. The summed E-state index contributed by atoms with van der Waals surface area (Å²) in [5.74, 6) is -2.18. The number of nitrogens with one attached hydrogen (secondary N) is 1. The molecule has 3 aromatic rings. The Morgan fingerprint density at radius 3 is 2.43 bits per heavy atom. The van der Waals surface area contributed by atoms with Gasteiger partial charge in [-0.2, -0.15) is 0 Å². The van der Waals surface area contributed by atoms with Crippen molar-refractivity contribution in [3.63, 3.8) is 0 Å². The monoisotopic (exact) mass is 378 g/mol. The van der Waals surface area contributed by atoms with E-state index in [0.29, 0.717) is 18.7 Å². The van der Waals surface area contributed by atoms with E-state index in [2.05, 4.69) is 10.3 Å². The third kappa shape index (κ3) is 3.51. The van der Waals surface area contributed by atoms with E-state index in [1.54, 1.807) is 0 Å². The smallest absolute Gasteiger partial charge is 0.189 e. The van der Waals surface area contributed by atoms with Crippen LogP contribution in [0, 0.1) is 17.7 Å². The summed E-state index contributed by atoms with van der Waals surface area (Å²) in [6.45, 7) is 0.941. The van der Waals surface area contributed by atoms with E-state index in [1.165, 1.54) is 36.9 Å². The number of nitrogens with zero attached hydrogens (tertiary/aromatic N) is 1. The number of oxazole rings is 1. The van der Waals surface area contributed by atoms with Gasteiger partial charge < -0.3 is 9.73 Å². The molecule has 3 atom stereocenters. The highest BCUT2D eigenvalue weighted by molar-refractivity contribution is 6.04. The van der Waals surface area contributed by atoms with Crippen LogP contribution >= 0.6 is 0 Å². The van der Waals surface area contributed by atoms with Gasteiger partial charge in [0.05, 0.1) is 0 Å². The van der Waals surface area contributed by atoms with Crippen LogP contribution in [0.5, 0.6) is 0 Å². The second-order valence-corrected chi connectivity index (χ2v) is 6.92. The minimum Gasteiger partial charge on any atom is -0.451 e. The molecule has 5 nitrogen and oxygen atoms in total. The van der Waals surface area contributed by atoms with E-state index < -0.39 is 17.7 Å². The van der Waals surface area contributed by atoms with E-state index in [-0.39, 0.29) is 23.2 Å². The molecule has 1 aliphatic rings. The van der Waals surface area contributed by atoms with Crippen molar-refractivity contribution in [2.45, 2.75) is 5.92 Å². The number of carbonyl (C=O) groups is 2. The fourth-order valence-corrected chi connectivity index (χ4v) is 3.91. The van der Waals surface area contributed by atoms with Gasteiger partial charge in [0.1, 0.15) is 17.8 Å². The number of Topliss-reactive ketones (excluding diaryl/α,β-unsaturated/α-hetero) is 2. The quantitative estimate of drug-likeness (QED) is 0.688. The van der Waals surface area contributed by atoms with Gasteiger partial charge in [-0.1, -0.05) is 30.3 Å². The molecule has 0 aliphatic carbocycles. The van der Waals surface area contributed by atoms with Crippen molar-refractivity contribution in [3.8, 4) is 0 Å². The molecule has 1 aromatic heterocycles. The van der Waals surface area contributed by atoms with Crippen molar-refractivity contribution >= 4 is 11.6 Å². The lowest BCUT2D eigenvalue weighted by Crippen LogP contribution is -2.48. The van der Waals surface area contributed by atoms with Crippen LogP contribution in [0.3, 0.4) is 0 Å². The van der Waals surface area contributed by atoms with E-state index in [9.17, 15) is 14.0 Å². The van der Waals surface area contributed by atoms with Gasteiger partial charge in [-0.3, -0.25) is 9.59 Å². The predicted molar refractivity (Wildman–Crippen MR) is 101 cm³/mol. The zero-order chi connectivity index (χ0) is 19.5. The fourth-order valence-electron chi connectivity index (χ4n) is 3.91. The largest absolute Gasteiger partial charge is 0.451 e. The van der Waals surface area contributed by atoms with Crippen molar-refractivity contribution in [2.75, 3.05) is 13.1 Å². The molecule has 3 unspecified atom stereocenters. The molecule has 28 heavy (non-hydrogen) atoms. The molecule has 1 N–H and O–H groups in total. The van der Waals surface area contributed by atoms with Gasteiger partial charge in [-0.15, -0.1) is 0 Å². The van der Waals surface area contributed by atoms with Crippen LogP contribution in [0.2, 0.25) is 0 Å². The molecule has 0 radical (unpaired) electrons. The number of ketones is 2. The maximum absolute atomic E-state index is 13.4. The van der Waals surface area contributed by atoms with Crippen LogP contribution in [0.15, 0.2) is 71.7 Å². The summed E-state index contributed by atoms with van der Waals surface area (Å²) in [6.07, 6.45) is 2.50. The highest BCUT2D eigenvalue weighted by Crippen LogP contribution is 2.37. The number of benzene rings is 2. The predicted octanol–water partition coefficient (Wildman–Crippen LogP) is 3.50. The van der Waals surface area contributed by atoms with E-state index in [0.717, 1.165) is 5.56 Å². The lowest BCUT2D eigenvalue weighted by Gasteiger charge is -2.37. The molecular formula is C22H19FN2O3. The Morgan fingerprint density at radius 1 is 1.00 bits per heavy atom. The summed E-state index contributed by atoms with van der Waals surface area (Å²) in [4.78, 5) is 30.5. The minimum absolute atomic E-state index is 0.169. The topological polar surface area (TPSA) is 72.2 Å². The molecule has 2 heterocycles. The Hall–Kier alpha value is -3.12. The number of aromatic nitrogens is 1. The maximum Gasteiger partial charge on any atom is 0.189 e. The van der Waals surface area contributed by atoms with Crippen LogP contribution in [-0.4, -0.2) is 29.6 Å². The van der Waals surface area contributed by atoms with Gasteiger partial charge in [-0.05, 0) is 29.8 Å². The summed E-state index contributed by atoms with van der Waals surface area (Å²) >= 11 is 0. The molecule has 0 amide bonds. The number of piperidine rings is 1. The number of rotatable bonds is 5. The first kappa shape index (κ1) is 18.3. The Balaban J connectivity index is 1.75. The molecule has 0 spiro atoms. The SMILES string of the molecule is O=C(c1cocn1)C1CNCC(c2ccccc2)C1C(=O)c1ccc(F)cc1. The maximum atomic E-state index is 13.4. The van der Waals surface area contributed by atoms with Crippen LogP contribution < -0.4 is 5.32 Å². The van der Waals surface area contributed by atoms with Crippen molar-refractivity contribution in [1.82, 2.24) is 10.3 Å². The van der Waals surface area contributed by atoms with Crippen LogP contribution in [-0.2, 0) is 0 Å². The van der Waals surface area contributed by atoms with Crippen molar-refractivity contribution in [3.05, 3.63) is 89.9 Å². The molecule has 6 heteroatoms. The van der Waals surface area contributed by atoms with Gasteiger partial charge >= 0.3 is 0 Å². The Labute approximate surface area is 161 Å². The second-order valence-electron chi connectivity index (χ2n) is 6.92.